The number of aldehydes is 1. The number of carbonyl (C=O) groups excluding carboxylic acids is 2. The summed E-state index contributed by atoms with van der Waals surface area (Å²) in [6, 6.07) is 14.5. The number of rotatable bonds is 3. The highest BCUT2D eigenvalue weighted by Crippen LogP contribution is 2.42. The zero-order chi connectivity index (χ0) is 18.3. The van der Waals surface area contributed by atoms with Crippen molar-refractivity contribution in [3.63, 3.8) is 0 Å². The highest BCUT2D eigenvalue weighted by molar-refractivity contribution is 8.00. The number of anilines is 1. The number of thioether (sulfide) groups is 1. The molecule has 5 nitrogen and oxygen atoms in total. The maximum atomic E-state index is 12.9. The molecule has 1 unspecified atom stereocenters. The number of para-hydroxylation sites is 1. The van der Waals surface area contributed by atoms with Crippen LogP contribution in [0.2, 0.25) is 0 Å². The lowest BCUT2D eigenvalue weighted by Gasteiger charge is -2.27. The molecule has 0 aliphatic carbocycles. The third-order valence-corrected chi connectivity index (χ3v) is 5.90. The van der Waals surface area contributed by atoms with Gasteiger partial charge in [0.2, 0.25) is 5.91 Å². The molecule has 0 radical (unpaired) electrons. The molecule has 1 aliphatic rings. The lowest BCUT2D eigenvalue weighted by atomic mass is 10.0. The molecule has 2 heterocycles. The predicted molar refractivity (Wildman–Crippen MR) is 103 cm³/mol. The Bertz CT molecular complexity index is 994. The third kappa shape index (κ3) is 2.49. The molecular weight excluding hydrogens is 348 g/mol. The van der Waals surface area contributed by atoms with E-state index in [-0.39, 0.29) is 11.7 Å². The van der Waals surface area contributed by atoms with Crippen molar-refractivity contribution < 1.29 is 14.3 Å². The molecule has 2 aromatic carbocycles. The summed E-state index contributed by atoms with van der Waals surface area (Å²) >= 11 is 1.48. The number of aryl methyl sites for hydroxylation is 1. The number of hydrogen-bond donors (Lipinski definition) is 0. The van der Waals surface area contributed by atoms with Crippen LogP contribution in [0.4, 0.5) is 5.69 Å². The van der Waals surface area contributed by atoms with Gasteiger partial charge in [0.1, 0.15) is 18.1 Å². The predicted octanol–water partition coefficient (Wildman–Crippen LogP) is 3.57. The van der Waals surface area contributed by atoms with Gasteiger partial charge in [0.15, 0.2) is 0 Å². The van der Waals surface area contributed by atoms with Crippen LogP contribution >= 0.6 is 11.8 Å². The van der Waals surface area contributed by atoms with E-state index in [0.29, 0.717) is 11.4 Å². The average Bonchev–Trinajstić information content (AvgIpc) is 2.86. The summed E-state index contributed by atoms with van der Waals surface area (Å²) in [5.74, 6) is 0.907. The number of carbonyl (C=O) groups is 2. The van der Waals surface area contributed by atoms with E-state index in [9.17, 15) is 9.59 Å². The minimum absolute atomic E-state index is 0.0856. The van der Waals surface area contributed by atoms with Gasteiger partial charge in [0.25, 0.3) is 0 Å². The molecule has 6 heteroatoms. The van der Waals surface area contributed by atoms with Gasteiger partial charge < -0.3 is 14.1 Å². The first-order valence-corrected chi connectivity index (χ1v) is 9.25. The number of aromatic nitrogens is 1. The van der Waals surface area contributed by atoms with Crippen LogP contribution in [0.1, 0.15) is 11.6 Å². The summed E-state index contributed by atoms with van der Waals surface area (Å²) < 4.78 is 7.26. The molecule has 3 aromatic rings. The van der Waals surface area contributed by atoms with Crippen molar-refractivity contribution in [1.29, 1.82) is 0 Å². The fourth-order valence-electron chi connectivity index (χ4n) is 3.52. The second kappa shape index (κ2) is 6.53. The first-order chi connectivity index (χ1) is 12.7. The van der Waals surface area contributed by atoms with Gasteiger partial charge in [-0.15, -0.1) is 0 Å². The first-order valence-electron chi connectivity index (χ1n) is 8.27. The highest BCUT2D eigenvalue weighted by atomic mass is 32.2. The molecule has 1 aliphatic heterocycles. The van der Waals surface area contributed by atoms with Crippen molar-refractivity contribution in [3.05, 3.63) is 54.1 Å². The minimum Gasteiger partial charge on any atom is -0.497 e. The fraction of sp³-hybridized carbons (Fsp3) is 0.200. The average molecular weight is 366 g/mol. The first kappa shape index (κ1) is 16.7. The van der Waals surface area contributed by atoms with Crippen LogP contribution in [0.3, 0.4) is 0 Å². The van der Waals surface area contributed by atoms with Crippen molar-refractivity contribution in [2.45, 2.75) is 11.1 Å². The van der Waals surface area contributed by atoms with E-state index in [0.717, 1.165) is 27.8 Å². The molecule has 0 bridgehead atoms. The standard InChI is InChI=1S/C20H18N2O3S/c1-21-16-6-4-3-5-15(16)19-17(11-23)22(18(24)12-26-20(19)21)13-7-9-14(25-2)10-8-13/h3-11,17H,12H2,1-2H3. The molecule has 1 atom stereocenters. The smallest absolute Gasteiger partial charge is 0.238 e. The van der Waals surface area contributed by atoms with Gasteiger partial charge in [-0.05, 0) is 30.3 Å². The maximum absolute atomic E-state index is 12.9. The minimum atomic E-state index is -0.660. The summed E-state index contributed by atoms with van der Waals surface area (Å²) in [5.41, 5.74) is 2.64. The molecule has 0 fully saturated rings. The Morgan fingerprint density at radius 2 is 1.88 bits per heavy atom. The van der Waals surface area contributed by atoms with E-state index in [1.807, 2.05) is 43.4 Å². The topological polar surface area (TPSA) is 51.5 Å². The van der Waals surface area contributed by atoms with E-state index >= 15 is 0 Å². The lowest BCUT2D eigenvalue weighted by molar-refractivity contribution is -0.119. The number of methoxy groups -OCH3 is 1. The summed E-state index contributed by atoms with van der Waals surface area (Å²) in [6.45, 7) is 0. The molecule has 0 spiro atoms. The van der Waals surface area contributed by atoms with Gasteiger partial charge in [0, 0.05) is 29.2 Å². The molecule has 132 valence electrons. The summed E-state index contributed by atoms with van der Waals surface area (Å²) in [4.78, 5) is 26.6. The van der Waals surface area contributed by atoms with Crippen LogP contribution in [-0.2, 0) is 16.6 Å². The van der Waals surface area contributed by atoms with Gasteiger partial charge in [0.05, 0.1) is 17.9 Å². The number of ether oxygens (including phenoxy) is 1. The van der Waals surface area contributed by atoms with E-state index in [1.54, 1.807) is 24.1 Å². The van der Waals surface area contributed by atoms with Gasteiger partial charge in [-0.3, -0.25) is 9.69 Å². The Morgan fingerprint density at radius 3 is 2.58 bits per heavy atom. The monoisotopic (exact) mass is 366 g/mol. The fourth-order valence-corrected chi connectivity index (χ4v) is 4.60. The number of fused-ring (bicyclic) bond motifs is 3. The van der Waals surface area contributed by atoms with Crippen molar-refractivity contribution in [1.82, 2.24) is 4.57 Å². The Labute approximate surface area is 155 Å². The van der Waals surface area contributed by atoms with Crippen LogP contribution in [0.25, 0.3) is 10.9 Å². The molecule has 1 amide bonds. The Morgan fingerprint density at radius 1 is 1.15 bits per heavy atom. The van der Waals surface area contributed by atoms with Crippen molar-refractivity contribution in [2.75, 3.05) is 17.8 Å². The normalized spacial score (nSPS) is 17.1. The third-order valence-electron chi connectivity index (χ3n) is 4.75. The summed E-state index contributed by atoms with van der Waals surface area (Å²) in [7, 11) is 3.57. The maximum Gasteiger partial charge on any atom is 0.238 e. The van der Waals surface area contributed by atoms with Gasteiger partial charge in [-0.25, -0.2) is 0 Å². The van der Waals surface area contributed by atoms with Crippen molar-refractivity contribution in [3.8, 4) is 5.75 Å². The number of amides is 1. The number of nitrogens with zero attached hydrogens (tertiary/aromatic N) is 2. The van der Waals surface area contributed by atoms with E-state index in [1.165, 1.54) is 11.8 Å². The van der Waals surface area contributed by atoms with Crippen LogP contribution in [0.5, 0.6) is 5.75 Å². The SMILES string of the molecule is COc1ccc(N2C(=O)CSc3c(c4ccccc4n3C)C2C=O)cc1. The quantitative estimate of drug-likeness (QED) is 0.665. The molecular formula is C20H18N2O3S. The largest absolute Gasteiger partial charge is 0.497 e. The molecule has 0 N–H and O–H groups in total. The Hall–Kier alpha value is -2.73. The van der Waals surface area contributed by atoms with Gasteiger partial charge in [-0.2, -0.15) is 0 Å². The Balaban J connectivity index is 1.92. The van der Waals surface area contributed by atoms with Crippen LogP contribution in [0, 0.1) is 0 Å². The number of benzene rings is 2. The van der Waals surface area contributed by atoms with Crippen LogP contribution in [0.15, 0.2) is 53.6 Å². The molecule has 26 heavy (non-hydrogen) atoms. The molecule has 0 saturated carbocycles. The lowest BCUT2D eigenvalue weighted by Crippen LogP contribution is -2.35. The van der Waals surface area contributed by atoms with E-state index in [4.69, 9.17) is 4.74 Å². The second-order valence-electron chi connectivity index (χ2n) is 6.13. The zero-order valence-electron chi connectivity index (χ0n) is 14.5. The molecule has 0 saturated heterocycles. The van der Waals surface area contributed by atoms with Crippen LogP contribution < -0.4 is 9.64 Å². The van der Waals surface area contributed by atoms with Gasteiger partial charge >= 0.3 is 0 Å². The summed E-state index contributed by atoms with van der Waals surface area (Å²) in [5, 5.41) is 1.97. The van der Waals surface area contributed by atoms with E-state index in [2.05, 4.69) is 4.57 Å². The van der Waals surface area contributed by atoms with Gasteiger partial charge in [-0.1, -0.05) is 30.0 Å². The summed E-state index contributed by atoms with van der Waals surface area (Å²) in [6.07, 6.45) is 0.860. The number of hydrogen-bond acceptors (Lipinski definition) is 4. The molecule has 4 rings (SSSR count). The van der Waals surface area contributed by atoms with Crippen molar-refractivity contribution in [2.24, 2.45) is 7.05 Å². The van der Waals surface area contributed by atoms with Crippen molar-refractivity contribution >= 4 is 40.5 Å². The Kier molecular flexibility index (Phi) is 4.20. The zero-order valence-corrected chi connectivity index (χ0v) is 15.3. The highest BCUT2D eigenvalue weighted by Gasteiger charge is 2.35. The molecule has 1 aromatic heterocycles. The second-order valence-corrected chi connectivity index (χ2v) is 7.09. The van der Waals surface area contributed by atoms with E-state index < -0.39 is 6.04 Å². The van der Waals surface area contributed by atoms with Crippen LogP contribution in [-0.4, -0.2) is 29.6 Å².